The molecule has 0 bridgehead atoms. The number of ether oxygens (including phenoxy) is 1. The van der Waals surface area contributed by atoms with Gasteiger partial charge in [-0.2, -0.15) is 0 Å². The Bertz CT molecular complexity index is 625. The minimum absolute atomic E-state index is 0. The molecule has 3 N–H and O–H groups in total. The average molecular weight is 390 g/mol. The molecule has 0 radical (unpaired) electrons. The first kappa shape index (κ1) is 21.4. The van der Waals surface area contributed by atoms with E-state index in [1.807, 2.05) is 6.92 Å². The van der Waals surface area contributed by atoms with Crippen LogP contribution in [0, 0.1) is 0 Å². The summed E-state index contributed by atoms with van der Waals surface area (Å²) in [5, 5.41) is 3.32. The standard InChI is InChI=1S/C17H24ClN3O3.ClH/c1-3-5-16(22)20-11-6-4-7-21(10-11)17(23)12-8-13(18)14(19)9-15(12)24-2;/h8-9,11H,3-7,10,19H2,1-2H3,(H,20,22);1H. The second-order valence-electron chi connectivity index (χ2n) is 5.98. The van der Waals surface area contributed by atoms with Gasteiger partial charge in [0.25, 0.3) is 5.91 Å². The highest BCUT2D eigenvalue weighted by Gasteiger charge is 2.27. The molecule has 8 heteroatoms. The number of nitrogens with zero attached hydrogens (tertiary/aromatic N) is 1. The maximum absolute atomic E-state index is 12.8. The first-order chi connectivity index (χ1) is 11.5. The van der Waals surface area contributed by atoms with Gasteiger partial charge in [-0.15, -0.1) is 12.4 Å². The zero-order valence-corrected chi connectivity index (χ0v) is 16.1. The molecular formula is C17H25Cl2N3O3. The molecule has 0 spiro atoms. The lowest BCUT2D eigenvalue weighted by Crippen LogP contribution is -2.49. The number of carbonyl (C=O) groups excluding carboxylic acids is 2. The predicted octanol–water partition coefficient (Wildman–Crippen LogP) is 2.87. The lowest BCUT2D eigenvalue weighted by molar-refractivity contribution is -0.122. The Morgan fingerprint density at radius 3 is 2.80 bits per heavy atom. The van der Waals surface area contributed by atoms with Gasteiger partial charge in [0, 0.05) is 31.6 Å². The van der Waals surface area contributed by atoms with Crippen molar-refractivity contribution in [2.45, 2.75) is 38.6 Å². The van der Waals surface area contributed by atoms with Crippen LogP contribution in [0.2, 0.25) is 5.02 Å². The minimum Gasteiger partial charge on any atom is -0.496 e. The van der Waals surface area contributed by atoms with Crippen molar-refractivity contribution in [2.24, 2.45) is 0 Å². The van der Waals surface area contributed by atoms with E-state index in [1.165, 1.54) is 13.2 Å². The molecule has 1 aromatic rings. The minimum atomic E-state index is -0.164. The van der Waals surface area contributed by atoms with Crippen LogP contribution in [0.15, 0.2) is 12.1 Å². The van der Waals surface area contributed by atoms with Gasteiger partial charge < -0.3 is 20.7 Å². The van der Waals surface area contributed by atoms with E-state index in [9.17, 15) is 9.59 Å². The molecule has 1 aromatic carbocycles. The summed E-state index contributed by atoms with van der Waals surface area (Å²) in [5.41, 5.74) is 6.52. The average Bonchev–Trinajstić information content (AvgIpc) is 2.56. The van der Waals surface area contributed by atoms with E-state index in [0.717, 1.165) is 19.3 Å². The zero-order valence-electron chi connectivity index (χ0n) is 14.5. The molecule has 1 unspecified atom stereocenters. The summed E-state index contributed by atoms with van der Waals surface area (Å²) < 4.78 is 5.26. The summed E-state index contributed by atoms with van der Waals surface area (Å²) in [6.07, 6.45) is 3.03. The van der Waals surface area contributed by atoms with Gasteiger partial charge in [0.15, 0.2) is 0 Å². The number of likely N-dealkylation sites (tertiary alicyclic amines) is 1. The van der Waals surface area contributed by atoms with E-state index in [4.69, 9.17) is 22.1 Å². The number of piperidine rings is 1. The monoisotopic (exact) mass is 389 g/mol. The van der Waals surface area contributed by atoms with Crippen molar-refractivity contribution in [1.29, 1.82) is 0 Å². The number of nitrogen functional groups attached to an aromatic ring is 1. The number of hydrogen-bond acceptors (Lipinski definition) is 4. The number of anilines is 1. The molecule has 1 atom stereocenters. The van der Waals surface area contributed by atoms with Crippen molar-refractivity contribution in [1.82, 2.24) is 10.2 Å². The van der Waals surface area contributed by atoms with Crippen LogP contribution >= 0.6 is 24.0 Å². The second kappa shape index (κ2) is 9.73. The van der Waals surface area contributed by atoms with Gasteiger partial charge >= 0.3 is 0 Å². The number of nitrogens with two attached hydrogens (primary N) is 1. The third kappa shape index (κ3) is 5.41. The van der Waals surface area contributed by atoms with Crippen LogP contribution in [-0.2, 0) is 4.79 Å². The zero-order chi connectivity index (χ0) is 17.7. The lowest BCUT2D eigenvalue weighted by atomic mass is 10.0. The summed E-state index contributed by atoms with van der Waals surface area (Å²) >= 11 is 6.05. The fraction of sp³-hybridized carbons (Fsp3) is 0.529. The van der Waals surface area contributed by atoms with Gasteiger partial charge in [0.2, 0.25) is 5.91 Å². The highest BCUT2D eigenvalue weighted by atomic mass is 35.5. The molecule has 1 fully saturated rings. The van der Waals surface area contributed by atoms with Gasteiger partial charge in [0.1, 0.15) is 5.75 Å². The van der Waals surface area contributed by atoms with Gasteiger partial charge in [-0.3, -0.25) is 9.59 Å². The first-order valence-electron chi connectivity index (χ1n) is 8.17. The highest BCUT2D eigenvalue weighted by Crippen LogP contribution is 2.30. The van der Waals surface area contributed by atoms with Gasteiger partial charge in [-0.25, -0.2) is 0 Å². The number of benzene rings is 1. The number of methoxy groups -OCH3 is 1. The molecule has 2 rings (SSSR count). The fourth-order valence-electron chi connectivity index (χ4n) is 2.88. The molecule has 140 valence electrons. The van der Waals surface area contributed by atoms with E-state index >= 15 is 0 Å². The summed E-state index contributed by atoms with van der Waals surface area (Å²) in [5.74, 6) is 0.271. The molecule has 0 aromatic heterocycles. The predicted molar refractivity (Wildman–Crippen MR) is 102 cm³/mol. The highest BCUT2D eigenvalue weighted by molar-refractivity contribution is 6.33. The Kier molecular flexibility index (Phi) is 8.32. The van der Waals surface area contributed by atoms with E-state index < -0.39 is 0 Å². The Morgan fingerprint density at radius 2 is 2.16 bits per heavy atom. The summed E-state index contributed by atoms with van der Waals surface area (Å²) in [6, 6.07) is 3.08. The van der Waals surface area contributed by atoms with Crippen LogP contribution < -0.4 is 15.8 Å². The molecule has 1 saturated heterocycles. The number of nitrogens with one attached hydrogen (secondary N) is 1. The molecule has 1 heterocycles. The van der Waals surface area contributed by atoms with Crippen molar-refractivity contribution in [2.75, 3.05) is 25.9 Å². The van der Waals surface area contributed by atoms with E-state index in [2.05, 4.69) is 5.32 Å². The van der Waals surface area contributed by atoms with E-state index in [1.54, 1.807) is 11.0 Å². The lowest BCUT2D eigenvalue weighted by Gasteiger charge is -2.33. The fourth-order valence-corrected chi connectivity index (χ4v) is 3.05. The summed E-state index contributed by atoms with van der Waals surface area (Å²) in [7, 11) is 1.49. The largest absolute Gasteiger partial charge is 0.496 e. The molecule has 0 aliphatic carbocycles. The van der Waals surface area contributed by atoms with Crippen LogP contribution in [-0.4, -0.2) is 43.0 Å². The summed E-state index contributed by atoms with van der Waals surface area (Å²) in [6.45, 7) is 3.09. The van der Waals surface area contributed by atoms with E-state index in [-0.39, 0.29) is 30.3 Å². The van der Waals surface area contributed by atoms with Crippen LogP contribution in [0.4, 0.5) is 5.69 Å². The number of hydrogen-bond donors (Lipinski definition) is 2. The number of rotatable bonds is 5. The molecule has 2 amide bonds. The Hall–Kier alpha value is -1.66. The summed E-state index contributed by atoms with van der Waals surface area (Å²) in [4.78, 5) is 26.3. The van der Waals surface area contributed by atoms with Gasteiger partial charge in [-0.05, 0) is 25.3 Å². The quantitative estimate of drug-likeness (QED) is 0.758. The molecule has 1 aliphatic heterocycles. The van der Waals surface area contributed by atoms with Crippen LogP contribution in [0.1, 0.15) is 43.0 Å². The maximum atomic E-state index is 12.8. The van der Waals surface area contributed by atoms with Gasteiger partial charge in [-0.1, -0.05) is 18.5 Å². The molecule has 1 aliphatic rings. The Morgan fingerprint density at radius 1 is 1.44 bits per heavy atom. The smallest absolute Gasteiger partial charge is 0.257 e. The van der Waals surface area contributed by atoms with Crippen molar-refractivity contribution in [3.05, 3.63) is 22.7 Å². The first-order valence-corrected chi connectivity index (χ1v) is 8.55. The van der Waals surface area contributed by atoms with Crippen LogP contribution in [0.5, 0.6) is 5.75 Å². The van der Waals surface area contributed by atoms with E-state index in [0.29, 0.717) is 41.5 Å². The van der Waals surface area contributed by atoms with Crippen molar-refractivity contribution < 1.29 is 14.3 Å². The van der Waals surface area contributed by atoms with Gasteiger partial charge in [0.05, 0.1) is 23.4 Å². The SMILES string of the molecule is CCCC(=O)NC1CCCN(C(=O)c2cc(Cl)c(N)cc2OC)C1.Cl. The van der Waals surface area contributed by atoms with Crippen molar-refractivity contribution >= 4 is 41.5 Å². The van der Waals surface area contributed by atoms with Crippen LogP contribution in [0.25, 0.3) is 0 Å². The van der Waals surface area contributed by atoms with Crippen molar-refractivity contribution in [3.63, 3.8) is 0 Å². The number of carbonyl (C=O) groups is 2. The second-order valence-corrected chi connectivity index (χ2v) is 6.39. The number of amides is 2. The molecule has 6 nitrogen and oxygen atoms in total. The van der Waals surface area contributed by atoms with Crippen molar-refractivity contribution in [3.8, 4) is 5.75 Å². The Balaban J connectivity index is 0.00000312. The maximum Gasteiger partial charge on any atom is 0.257 e. The van der Waals surface area contributed by atoms with Crippen LogP contribution in [0.3, 0.4) is 0 Å². The molecule has 0 saturated carbocycles. The number of halogens is 2. The molecular weight excluding hydrogens is 365 g/mol. The topological polar surface area (TPSA) is 84.7 Å². The third-order valence-corrected chi connectivity index (χ3v) is 4.43. The third-order valence-electron chi connectivity index (χ3n) is 4.10. The molecule has 25 heavy (non-hydrogen) atoms. The normalized spacial score (nSPS) is 16.8. The Labute approximate surface area is 159 Å².